The average Bonchev–Trinajstić information content (AvgIpc) is 2.86. The molecule has 0 saturated carbocycles. The first-order valence-electron chi connectivity index (χ1n) is 11.6. The third-order valence-corrected chi connectivity index (χ3v) is 8.41. The number of amides is 1. The Morgan fingerprint density at radius 1 is 1.12 bits per heavy atom. The van der Waals surface area contributed by atoms with E-state index in [-0.39, 0.29) is 32.6 Å². The maximum atomic E-state index is 14.2. The van der Waals surface area contributed by atoms with E-state index in [2.05, 4.69) is 79.0 Å². The number of carbonyl (C=O) groups is 1. The van der Waals surface area contributed by atoms with E-state index >= 15 is 0 Å². The van der Waals surface area contributed by atoms with E-state index in [9.17, 15) is 4.79 Å². The van der Waals surface area contributed by atoms with Crippen molar-refractivity contribution in [1.29, 1.82) is 0 Å². The summed E-state index contributed by atoms with van der Waals surface area (Å²) in [5.41, 5.74) is 5.81. The van der Waals surface area contributed by atoms with Crippen molar-refractivity contribution in [3.8, 4) is 5.75 Å². The van der Waals surface area contributed by atoms with Crippen molar-refractivity contribution in [3.05, 3.63) is 92.6 Å². The summed E-state index contributed by atoms with van der Waals surface area (Å²) in [6.45, 7) is 4.96. The lowest BCUT2D eigenvalue weighted by atomic mass is 9.81. The van der Waals surface area contributed by atoms with Gasteiger partial charge in [0.05, 0.1) is 19.6 Å². The molecule has 3 aromatic rings. The quantitative estimate of drug-likeness (QED) is 0.294. The van der Waals surface area contributed by atoms with Gasteiger partial charge in [0, 0.05) is 9.26 Å². The summed E-state index contributed by atoms with van der Waals surface area (Å²) < 4.78 is 11.0. The van der Waals surface area contributed by atoms with E-state index in [1.54, 1.807) is 7.11 Å². The zero-order valence-corrected chi connectivity index (χ0v) is 21.8. The Morgan fingerprint density at radius 2 is 1.88 bits per heavy atom. The Bertz CT molecular complexity index is 1140. The summed E-state index contributed by atoms with van der Waals surface area (Å²) in [6.07, 6.45) is 2.90. The van der Waals surface area contributed by atoms with Gasteiger partial charge in [-0.2, -0.15) is 0 Å². The summed E-state index contributed by atoms with van der Waals surface area (Å²) in [5.74, 6) is 1.28. The lowest BCUT2D eigenvalue weighted by molar-refractivity contribution is -0.120. The van der Waals surface area contributed by atoms with Crippen molar-refractivity contribution in [3.63, 3.8) is 0 Å². The zero-order valence-electron chi connectivity index (χ0n) is 19.7. The van der Waals surface area contributed by atoms with Crippen LogP contribution in [0.15, 0.2) is 66.7 Å². The van der Waals surface area contributed by atoms with Gasteiger partial charge in [0.15, 0.2) is 0 Å². The van der Waals surface area contributed by atoms with Crippen LogP contribution in [0, 0.1) is 3.57 Å². The largest absolute Gasteiger partial charge is 0.497 e. The Morgan fingerprint density at radius 3 is 2.58 bits per heavy atom. The third kappa shape index (κ3) is 5.21. The van der Waals surface area contributed by atoms with Gasteiger partial charge >= 0.3 is 0 Å². The van der Waals surface area contributed by atoms with E-state index in [1.165, 1.54) is 20.3 Å². The number of benzene rings is 3. The van der Waals surface area contributed by atoms with Crippen LogP contribution >= 0.6 is 20.7 Å². The number of hydrogen-bond acceptors (Lipinski definition) is 2. The molecule has 4 rings (SSSR count). The van der Waals surface area contributed by atoms with Crippen LogP contribution in [0.4, 0.5) is 5.69 Å². The highest BCUT2D eigenvalue weighted by Crippen LogP contribution is 2.37. The van der Waals surface area contributed by atoms with Crippen LogP contribution in [0.3, 0.4) is 0 Å². The maximum absolute atomic E-state index is 14.2. The minimum atomic E-state index is -0.318. The lowest BCUT2D eigenvalue weighted by Crippen LogP contribution is -2.36. The lowest BCUT2D eigenvalue weighted by Gasteiger charge is -2.32. The smallest absolute Gasteiger partial charge is 0.234 e. The minimum absolute atomic E-state index is 0.157. The Labute approximate surface area is 207 Å². The van der Waals surface area contributed by atoms with E-state index in [1.807, 2.05) is 11.0 Å². The van der Waals surface area contributed by atoms with E-state index < -0.39 is 0 Å². The molecule has 1 aliphatic carbocycles. The summed E-state index contributed by atoms with van der Waals surface area (Å²) in [5, 5.41) is 0. The normalized spacial score (nSPS) is 15.2. The van der Waals surface area contributed by atoms with E-state index in [0.717, 1.165) is 36.3 Å². The van der Waals surface area contributed by atoms with Crippen molar-refractivity contribution >= 4 is 36.8 Å². The minimum Gasteiger partial charge on any atom is -0.497 e. The molecule has 1 unspecified atom stereocenters. The number of hydrogen-bond donors (Lipinski definition) is 0. The first kappa shape index (κ1) is 23.7. The van der Waals surface area contributed by atoms with Crippen LogP contribution in [0.25, 0.3) is 0 Å². The maximum Gasteiger partial charge on any atom is 0.234 e. The molecule has 0 bridgehead atoms. The molecule has 3 aromatic carbocycles. The van der Waals surface area contributed by atoms with Crippen molar-refractivity contribution in [2.24, 2.45) is 0 Å². The standard InChI is InChI=1S/C29H32INO2/c1-20(2)21-12-15-24(16-13-21)31(19-23-8-5-6-11-28(23)30-3)29(32)26-10-7-9-22-14-17-25(33-4)18-27(22)26/h5-6,8,11-18,20,26H,3,7,9-10,19H2,1-2,4H3. The molecule has 0 heterocycles. The number of nitrogens with zero attached hydrogens (tertiary/aromatic N) is 1. The summed E-state index contributed by atoms with van der Waals surface area (Å²) in [4.78, 5) is 16.2. The van der Waals surface area contributed by atoms with Gasteiger partial charge in [-0.05, 0) is 77.8 Å². The van der Waals surface area contributed by atoms with Gasteiger partial charge in [-0.1, -0.05) is 75.5 Å². The predicted octanol–water partition coefficient (Wildman–Crippen LogP) is 7.04. The highest BCUT2D eigenvalue weighted by atomic mass is 127. The number of halogens is 1. The number of fused-ring (bicyclic) bond motifs is 1. The summed E-state index contributed by atoms with van der Waals surface area (Å²) in [7, 11) is 1.68. The topological polar surface area (TPSA) is 29.5 Å². The zero-order chi connectivity index (χ0) is 23.4. The molecule has 1 amide bonds. The van der Waals surface area contributed by atoms with Crippen molar-refractivity contribution in [2.45, 2.75) is 51.5 Å². The van der Waals surface area contributed by atoms with Crippen LogP contribution in [-0.2, 0) is 17.8 Å². The van der Waals surface area contributed by atoms with Crippen LogP contribution in [-0.4, -0.2) is 17.5 Å². The highest BCUT2D eigenvalue weighted by Gasteiger charge is 2.31. The molecular formula is C29H32INO2. The Balaban J connectivity index is 1.75. The van der Waals surface area contributed by atoms with Crippen LogP contribution in [0.1, 0.15) is 60.8 Å². The third-order valence-electron chi connectivity index (χ3n) is 6.53. The predicted molar refractivity (Wildman–Crippen MR) is 147 cm³/mol. The van der Waals surface area contributed by atoms with Crippen molar-refractivity contribution in [1.82, 2.24) is 0 Å². The second kappa shape index (κ2) is 10.6. The Kier molecular flexibility index (Phi) is 7.63. The van der Waals surface area contributed by atoms with Crippen molar-refractivity contribution < 1.29 is 9.53 Å². The number of ether oxygens (including phenoxy) is 1. The molecule has 3 nitrogen and oxygen atoms in total. The molecule has 0 aromatic heterocycles. The molecule has 1 atom stereocenters. The average molecular weight is 553 g/mol. The van der Waals surface area contributed by atoms with Crippen LogP contribution in [0.5, 0.6) is 5.75 Å². The monoisotopic (exact) mass is 553 g/mol. The molecule has 172 valence electrons. The van der Waals surface area contributed by atoms with Crippen molar-refractivity contribution in [2.75, 3.05) is 12.0 Å². The van der Waals surface area contributed by atoms with Crippen LogP contribution < -0.4 is 9.64 Å². The SMILES string of the molecule is C=Ic1ccccc1CN(C(=O)C1CCCc2ccc(OC)cc21)c1ccc(C(C)C)cc1. The second-order valence-corrected chi connectivity index (χ2v) is 10.8. The molecule has 33 heavy (non-hydrogen) atoms. The second-order valence-electron chi connectivity index (χ2n) is 8.91. The number of carbonyl (C=O) groups excluding carboxylic acids is 1. The summed E-state index contributed by atoms with van der Waals surface area (Å²) in [6, 6.07) is 23.1. The fraction of sp³-hybridized carbons (Fsp3) is 0.310. The number of aryl methyl sites for hydroxylation is 1. The molecule has 0 radical (unpaired) electrons. The van der Waals surface area contributed by atoms with Crippen LogP contribution in [0.2, 0.25) is 0 Å². The molecule has 0 aliphatic heterocycles. The first-order valence-corrected chi connectivity index (χ1v) is 14.2. The Hall–Kier alpha value is -2.47. The molecule has 1 aliphatic rings. The van der Waals surface area contributed by atoms with Gasteiger partial charge in [0.25, 0.3) is 0 Å². The van der Waals surface area contributed by atoms with E-state index in [4.69, 9.17) is 4.74 Å². The van der Waals surface area contributed by atoms with Gasteiger partial charge < -0.3 is 9.64 Å². The van der Waals surface area contributed by atoms with Gasteiger partial charge in [-0.25, -0.2) is 0 Å². The number of anilines is 1. The molecule has 0 spiro atoms. The number of methoxy groups -OCH3 is 1. The molecule has 0 N–H and O–H groups in total. The van der Waals surface area contributed by atoms with Gasteiger partial charge in [0.2, 0.25) is 5.91 Å². The number of rotatable bonds is 7. The van der Waals surface area contributed by atoms with Gasteiger partial charge in [0.1, 0.15) is 5.75 Å². The molecule has 0 fully saturated rings. The molecule has 0 saturated heterocycles. The van der Waals surface area contributed by atoms with Gasteiger partial charge in [-0.3, -0.25) is 4.79 Å². The van der Waals surface area contributed by atoms with E-state index in [0.29, 0.717) is 12.5 Å². The fourth-order valence-electron chi connectivity index (χ4n) is 4.61. The fourth-order valence-corrected chi connectivity index (χ4v) is 5.91. The summed E-state index contributed by atoms with van der Waals surface area (Å²) >= 11 is -0.318. The first-order chi connectivity index (χ1) is 16.0. The highest BCUT2D eigenvalue weighted by molar-refractivity contribution is 14.2. The molecular weight excluding hydrogens is 521 g/mol. The van der Waals surface area contributed by atoms with Gasteiger partial charge in [-0.15, -0.1) is 0 Å². The molecule has 4 heteroatoms.